The van der Waals surface area contributed by atoms with Crippen LogP contribution in [-0.2, 0) is 6.18 Å². The fraction of sp³-hybridized carbons (Fsp3) is 0.625. The molecule has 1 atom stereocenters. The number of rotatable bonds is 3. The topological polar surface area (TPSA) is 26.0 Å². The van der Waals surface area contributed by atoms with E-state index in [0.717, 1.165) is 30.9 Å². The summed E-state index contributed by atoms with van der Waals surface area (Å²) in [6, 6.07) is 3.77. The quantitative estimate of drug-likeness (QED) is 0.832. The van der Waals surface area contributed by atoms with Crippen molar-refractivity contribution in [3.63, 3.8) is 0 Å². The van der Waals surface area contributed by atoms with Gasteiger partial charge in [0.05, 0.1) is 5.56 Å². The lowest BCUT2D eigenvalue weighted by Gasteiger charge is -2.35. The van der Waals surface area contributed by atoms with Crippen LogP contribution in [0.15, 0.2) is 18.2 Å². The van der Waals surface area contributed by atoms with Crippen molar-refractivity contribution in [3.05, 3.63) is 34.9 Å². The molecule has 0 saturated heterocycles. The third kappa shape index (κ3) is 2.71. The highest BCUT2D eigenvalue weighted by Crippen LogP contribution is 2.49. The van der Waals surface area contributed by atoms with Gasteiger partial charge in [0.1, 0.15) is 0 Å². The smallest absolute Gasteiger partial charge is 0.323 e. The van der Waals surface area contributed by atoms with Crippen molar-refractivity contribution in [2.45, 2.75) is 58.2 Å². The maximum absolute atomic E-state index is 12.7. The van der Waals surface area contributed by atoms with Crippen molar-refractivity contribution in [1.82, 2.24) is 0 Å². The Bertz CT molecular complexity index is 473. The second-order valence-electron chi connectivity index (χ2n) is 5.97. The van der Waals surface area contributed by atoms with Gasteiger partial charge in [-0.15, -0.1) is 0 Å². The van der Waals surface area contributed by atoms with E-state index >= 15 is 0 Å². The summed E-state index contributed by atoms with van der Waals surface area (Å²) in [5.74, 6) is 0. The van der Waals surface area contributed by atoms with Crippen LogP contribution in [0.5, 0.6) is 0 Å². The van der Waals surface area contributed by atoms with Crippen molar-refractivity contribution >= 4 is 0 Å². The molecule has 1 aliphatic carbocycles. The van der Waals surface area contributed by atoms with Gasteiger partial charge in [-0.3, -0.25) is 0 Å². The Morgan fingerprint density at radius 3 is 2.30 bits per heavy atom. The third-order valence-corrected chi connectivity index (χ3v) is 4.90. The Morgan fingerprint density at radius 2 is 1.85 bits per heavy atom. The van der Waals surface area contributed by atoms with E-state index in [1.807, 2.05) is 0 Å². The zero-order valence-corrected chi connectivity index (χ0v) is 12.1. The van der Waals surface area contributed by atoms with Gasteiger partial charge in [-0.25, -0.2) is 0 Å². The Morgan fingerprint density at radius 1 is 1.25 bits per heavy atom. The molecule has 1 fully saturated rings. The van der Waals surface area contributed by atoms with Crippen LogP contribution in [0.2, 0.25) is 0 Å². The zero-order chi connectivity index (χ0) is 15.0. The molecule has 0 aliphatic heterocycles. The third-order valence-electron chi connectivity index (χ3n) is 4.90. The predicted octanol–water partition coefficient (Wildman–Crippen LogP) is 4.98. The number of benzene rings is 1. The molecule has 1 aromatic rings. The number of nitrogens with two attached hydrogens (primary N) is 1. The number of aryl methyl sites for hydroxylation is 1. The first-order valence-corrected chi connectivity index (χ1v) is 7.23. The molecule has 2 rings (SSSR count). The minimum Gasteiger partial charge on any atom is -0.323 e. The monoisotopic (exact) mass is 285 g/mol. The molecule has 1 aliphatic rings. The summed E-state index contributed by atoms with van der Waals surface area (Å²) in [4.78, 5) is 0. The van der Waals surface area contributed by atoms with Gasteiger partial charge in [0.2, 0.25) is 0 Å². The van der Waals surface area contributed by atoms with Crippen LogP contribution in [0.4, 0.5) is 13.2 Å². The maximum Gasteiger partial charge on any atom is 0.416 e. The van der Waals surface area contributed by atoms with E-state index < -0.39 is 11.7 Å². The molecule has 1 aromatic carbocycles. The lowest BCUT2D eigenvalue weighted by Crippen LogP contribution is -2.32. The average Bonchev–Trinajstić information content (AvgIpc) is 2.86. The van der Waals surface area contributed by atoms with E-state index in [-0.39, 0.29) is 11.5 Å². The first-order chi connectivity index (χ1) is 9.30. The van der Waals surface area contributed by atoms with E-state index in [1.165, 1.54) is 18.9 Å². The molecule has 0 aromatic heterocycles. The fourth-order valence-electron chi connectivity index (χ4n) is 3.49. The summed E-state index contributed by atoms with van der Waals surface area (Å²) >= 11 is 0. The molecule has 2 N–H and O–H groups in total. The molecule has 0 amide bonds. The van der Waals surface area contributed by atoms with Crippen molar-refractivity contribution in [2.75, 3.05) is 0 Å². The van der Waals surface area contributed by atoms with Gasteiger partial charge in [0.25, 0.3) is 0 Å². The van der Waals surface area contributed by atoms with E-state index in [0.29, 0.717) is 5.56 Å². The largest absolute Gasteiger partial charge is 0.416 e. The molecule has 0 bridgehead atoms. The second-order valence-corrected chi connectivity index (χ2v) is 5.97. The Balaban J connectivity index is 2.33. The first kappa shape index (κ1) is 15.4. The van der Waals surface area contributed by atoms with Gasteiger partial charge < -0.3 is 5.73 Å². The van der Waals surface area contributed by atoms with Crippen LogP contribution in [0.25, 0.3) is 0 Å². The SMILES string of the molecule is CCC1(C(N)c2ccc(C(F)(F)F)cc2C)CCCC1. The molecule has 112 valence electrons. The van der Waals surface area contributed by atoms with Crippen LogP contribution in [0.3, 0.4) is 0 Å². The fourth-order valence-corrected chi connectivity index (χ4v) is 3.49. The summed E-state index contributed by atoms with van der Waals surface area (Å²) in [6.45, 7) is 3.85. The Kier molecular flexibility index (Phi) is 4.14. The van der Waals surface area contributed by atoms with Crippen LogP contribution >= 0.6 is 0 Å². The standard InChI is InChI=1S/C16H22F3N/c1-3-15(8-4-5-9-15)14(20)13-7-6-12(10-11(13)2)16(17,18)19/h6-7,10,14H,3-5,8-9,20H2,1-2H3. The molecule has 0 heterocycles. The molecule has 1 nitrogen and oxygen atoms in total. The van der Waals surface area contributed by atoms with Gasteiger partial charge in [0.15, 0.2) is 0 Å². The van der Waals surface area contributed by atoms with Gasteiger partial charge in [0, 0.05) is 6.04 Å². The lowest BCUT2D eigenvalue weighted by atomic mass is 9.73. The molecular formula is C16H22F3N. The summed E-state index contributed by atoms with van der Waals surface area (Å²) in [5.41, 5.74) is 7.40. The van der Waals surface area contributed by atoms with E-state index in [2.05, 4.69) is 6.92 Å². The van der Waals surface area contributed by atoms with Gasteiger partial charge in [-0.1, -0.05) is 25.8 Å². The highest BCUT2D eigenvalue weighted by atomic mass is 19.4. The minimum atomic E-state index is -4.29. The normalized spacial score (nSPS) is 20.1. The first-order valence-electron chi connectivity index (χ1n) is 7.23. The number of hydrogen-bond acceptors (Lipinski definition) is 1. The van der Waals surface area contributed by atoms with Crippen LogP contribution < -0.4 is 5.73 Å². The lowest BCUT2D eigenvalue weighted by molar-refractivity contribution is -0.137. The maximum atomic E-state index is 12.7. The van der Waals surface area contributed by atoms with Crippen molar-refractivity contribution in [1.29, 1.82) is 0 Å². The highest BCUT2D eigenvalue weighted by Gasteiger charge is 2.39. The van der Waals surface area contributed by atoms with Crippen LogP contribution in [-0.4, -0.2) is 0 Å². The van der Waals surface area contributed by atoms with Gasteiger partial charge >= 0.3 is 6.18 Å². The van der Waals surface area contributed by atoms with Crippen LogP contribution in [0, 0.1) is 12.3 Å². The van der Waals surface area contributed by atoms with E-state index in [4.69, 9.17) is 5.73 Å². The van der Waals surface area contributed by atoms with Gasteiger partial charge in [-0.2, -0.15) is 13.2 Å². The second kappa shape index (κ2) is 5.40. The van der Waals surface area contributed by atoms with E-state index in [1.54, 1.807) is 13.0 Å². The van der Waals surface area contributed by atoms with Crippen LogP contribution in [0.1, 0.15) is 61.8 Å². The Hall–Kier alpha value is -1.03. The summed E-state index contributed by atoms with van der Waals surface area (Å²) < 4.78 is 38.1. The molecular weight excluding hydrogens is 263 g/mol. The minimum absolute atomic E-state index is 0.0600. The number of alkyl halides is 3. The van der Waals surface area contributed by atoms with Crippen molar-refractivity contribution in [2.24, 2.45) is 11.1 Å². The zero-order valence-electron chi connectivity index (χ0n) is 12.1. The summed E-state index contributed by atoms with van der Waals surface area (Å²) in [5, 5.41) is 0. The predicted molar refractivity (Wildman–Crippen MR) is 74.3 cm³/mol. The van der Waals surface area contributed by atoms with Crippen molar-refractivity contribution < 1.29 is 13.2 Å². The molecule has 0 spiro atoms. The average molecular weight is 285 g/mol. The molecule has 0 radical (unpaired) electrons. The van der Waals surface area contributed by atoms with Gasteiger partial charge in [-0.05, 0) is 54.9 Å². The molecule has 20 heavy (non-hydrogen) atoms. The summed E-state index contributed by atoms with van der Waals surface area (Å²) in [7, 11) is 0. The number of halogens is 3. The Labute approximate surface area is 118 Å². The number of hydrogen-bond donors (Lipinski definition) is 1. The summed E-state index contributed by atoms with van der Waals surface area (Å²) in [6.07, 6.45) is 1.18. The highest BCUT2D eigenvalue weighted by molar-refractivity contribution is 5.35. The molecule has 4 heteroatoms. The van der Waals surface area contributed by atoms with E-state index in [9.17, 15) is 13.2 Å². The molecule has 1 unspecified atom stereocenters. The molecule has 1 saturated carbocycles. The van der Waals surface area contributed by atoms with Crippen molar-refractivity contribution in [3.8, 4) is 0 Å².